The molecule has 1 atom stereocenters. The molecule has 0 aliphatic carbocycles. The van der Waals surface area contributed by atoms with Gasteiger partial charge >= 0.3 is 5.76 Å². The third kappa shape index (κ3) is 3.33. The molecule has 120 valence electrons. The summed E-state index contributed by atoms with van der Waals surface area (Å²) in [5.74, 6) is -0.768. The number of hydrogen-bond donors (Lipinski definition) is 2. The lowest BCUT2D eigenvalue weighted by molar-refractivity contribution is -0.122. The minimum absolute atomic E-state index is 0.0697. The first-order valence-electron chi connectivity index (χ1n) is 7.41. The van der Waals surface area contributed by atoms with Crippen molar-refractivity contribution in [2.24, 2.45) is 0 Å². The smallest absolute Gasteiger partial charge is 0.408 e. The number of aromatic nitrogens is 3. The number of fused-ring (bicyclic) bond motifs is 1. The minimum Gasteiger partial charge on any atom is -0.408 e. The first-order valence-corrected chi connectivity index (χ1v) is 7.41. The summed E-state index contributed by atoms with van der Waals surface area (Å²) in [5, 5.41) is 9.89. The molecule has 3 aromatic rings. The fraction of sp³-hybridized carbons (Fsp3) is 0.312. The van der Waals surface area contributed by atoms with Crippen LogP contribution in [0, 0.1) is 6.92 Å². The number of nitrogens with zero attached hydrogens (tertiary/aromatic N) is 2. The SMILES string of the molecule is Cc1cc(CC(C)NC(=O)Cn2c(=O)oc3ccccc32)n[nH]1. The molecule has 1 unspecified atom stereocenters. The maximum atomic E-state index is 12.2. The lowest BCUT2D eigenvalue weighted by Crippen LogP contribution is -2.37. The lowest BCUT2D eigenvalue weighted by atomic mass is 10.2. The average molecular weight is 314 g/mol. The number of aromatic amines is 1. The van der Waals surface area contributed by atoms with E-state index in [2.05, 4.69) is 15.5 Å². The summed E-state index contributed by atoms with van der Waals surface area (Å²) in [7, 11) is 0. The Hall–Kier alpha value is -2.83. The van der Waals surface area contributed by atoms with Crippen molar-refractivity contribution >= 4 is 17.0 Å². The van der Waals surface area contributed by atoms with E-state index < -0.39 is 5.76 Å². The van der Waals surface area contributed by atoms with Crippen LogP contribution in [0.4, 0.5) is 0 Å². The van der Waals surface area contributed by atoms with Gasteiger partial charge in [-0.1, -0.05) is 12.1 Å². The van der Waals surface area contributed by atoms with Crippen LogP contribution >= 0.6 is 0 Å². The van der Waals surface area contributed by atoms with Crippen LogP contribution in [0.25, 0.3) is 11.1 Å². The summed E-state index contributed by atoms with van der Waals surface area (Å²) in [6.07, 6.45) is 0.622. The topological polar surface area (TPSA) is 92.9 Å². The molecule has 23 heavy (non-hydrogen) atoms. The van der Waals surface area contributed by atoms with Crippen molar-refractivity contribution in [3.05, 3.63) is 52.3 Å². The number of aryl methyl sites for hydroxylation is 1. The van der Waals surface area contributed by atoms with E-state index in [4.69, 9.17) is 4.42 Å². The summed E-state index contributed by atoms with van der Waals surface area (Å²) in [5.41, 5.74) is 2.96. The van der Waals surface area contributed by atoms with Gasteiger partial charge in [-0.25, -0.2) is 4.79 Å². The molecule has 2 N–H and O–H groups in total. The highest BCUT2D eigenvalue weighted by Gasteiger charge is 2.14. The molecule has 1 amide bonds. The van der Waals surface area contributed by atoms with E-state index in [1.54, 1.807) is 24.3 Å². The van der Waals surface area contributed by atoms with Crippen molar-refractivity contribution in [3.8, 4) is 0 Å². The first-order chi connectivity index (χ1) is 11.0. The Balaban J connectivity index is 1.66. The summed E-state index contributed by atoms with van der Waals surface area (Å²) < 4.78 is 6.45. The van der Waals surface area contributed by atoms with Crippen LogP contribution < -0.4 is 11.1 Å². The van der Waals surface area contributed by atoms with Crippen LogP contribution in [0.5, 0.6) is 0 Å². The number of benzene rings is 1. The molecule has 3 rings (SSSR count). The fourth-order valence-corrected chi connectivity index (χ4v) is 2.57. The molecule has 0 saturated heterocycles. The van der Waals surface area contributed by atoms with Gasteiger partial charge in [-0.05, 0) is 32.0 Å². The third-order valence-electron chi connectivity index (χ3n) is 3.56. The Kier molecular flexibility index (Phi) is 4.01. The van der Waals surface area contributed by atoms with E-state index in [-0.39, 0.29) is 18.5 Å². The molecule has 0 radical (unpaired) electrons. The lowest BCUT2D eigenvalue weighted by Gasteiger charge is -2.12. The predicted molar refractivity (Wildman–Crippen MR) is 85.1 cm³/mol. The number of para-hydroxylation sites is 2. The molecule has 7 nitrogen and oxygen atoms in total. The van der Waals surface area contributed by atoms with Gasteiger partial charge < -0.3 is 9.73 Å². The van der Waals surface area contributed by atoms with Crippen LogP contribution in [0.3, 0.4) is 0 Å². The number of H-pyrrole nitrogens is 1. The number of oxazole rings is 1. The molecular formula is C16H18N4O3. The van der Waals surface area contributed by atoms with Gasteiger partial charge in [0.1, 0.15) is 6.54 Å². The highest BCUT2D eigenvalue weighted by Crippen LogP contribution is 2.11. The summed E-state index contributed by atoms with van der Waals surface area (Å²) in [6, 6.07) is 8.89. The Morgan fingerprint density at radius 3 is 2.96 bits per heavy atom. The van der Waals surface area contributed by atoms with Crippen LogP contribution in [0.15, 0.2) is 39.5 Å². The zero-order chi connectivity index (χ0) is 16.4. The zero-order valence-electron chi connectivity index (χ0n) is 13.0. The molecule has 0 aliphatic rings. The van der Waals surface area contributed by atoms with Crippen molar-refractivity contribution in [1.29, 1.82) is 0 Å². The number of amides is 1. The maximum absolute atomic E-state index is 12.2. The number of carbonyl (C=O) groups excluding carboxylic acids is 1. The van der Waals surface area contributed by atoms with Crippen molar-refractivity contribution < 1.29 is 9.21 Å². The van der Waals surface area contributed by atoms with Crippen molar-refractivity contribution in [3.63, 3.8) is 0 Å². The monoisotopic (exact) mass is 314 g/mol. The van der Waals surface area contributed by atoms with Gasteiger partial charge in [0.15, 0.2) is 5.58 Å². The van der Waals surface area contributed by atoms with Crippen molar-refractivity contribution in [2.45, 2.75) is 32.9 Å². The first kappa shape index (κ1) is 15.1. The highest BCUT2D eigenvalue weighted by atomic mass is 16.4. The summed E-state index contributed by atoms with van der Waals surface area (Å²) >= 11 is 0. The van der Waals surface area contributed by atoms with Gasteiger partial charge in [-0.3, -0.25) is 14.5 Å². The van der Waals surface area contributed by atoms with Crippen LogP contribution in [-0.4, -0.2) is 26.7 Å². The largest absolute Gasteiger partial charge is 0.420 e. The standard InChI is InChI=1S/C16H18N4O3/c1-10(7-12-8-11(2)18-19-12)17-15(21)9-20-13-5-3-4-6-14(13)23-16(20)22/h3-6,8,10H,7,9H2,1-2H3,(H,17,21)(H,18,19). The quantitative estimate of drug-likeness (QED) is 0.744. The van der Waals surface area contributed by atoms with E-state index in [9.17, 15) is 9.59 Å². The molecule has 1 aromatic carbocycles. The number of hydrogen-bond acceptors (Lipinski definition) is 4. The molecule has 0 fully saturated rings. The predicted octanol–water partition coefficient (Wildman–Crippen LogP) is 1.37. The average Bonchev–Trinajstić information content (AvgIpc) is 3.03. The van der Waals surface area contributed by atoms with Gasteiger partial charge in [0, 0.05) is 18.2 Å². The van der Waals surface area contributed by atoms with Gasteiger partial charge in [-0.2, -0.15) is 5.10 Å². The van der Waals surface area contributed by atoms with E-state index in [0.29, 0.717) is 17.5 Å². The van der Waals surface area contributed by atoms with Crippen LogP contribution in [0.1, 0.15) is 18.3 Å². The Morgan fingerprint density at radius 1 is 1.43 bits per heavy atom. The minimum atomic E-state index is -0.531. The van der Waals surface area contributed by atoms with Crippen LogP contribution in [-0.2, 0) is 17.8 Å². The molecule has 0 saturated carbocycles. The summed E-state index contributed by atoms with van der Waals surface area (Å²) in [4.78, 5) is 24.0. The molecule has 2 heterocycles. The second kappa shape index (κ2) is 6.12. The Labute approximate surface area is 132 Å². The van der Waals surface area contributed by atoms with Crippen LogP contribution in [0.2, 0.25) is 0 Å². The third-order valence-corrected chi connectivity index (χ3v) is 3.56. The molecule has 0 aliphatic heterocycles. The van der Waals surface area contributed by atoms with Gasteiger partial charge in [0.05, 0.1) is 11.2 Å². The van der Waals surface area contributed by atoms with Gasteiger partial charge in [0.2, 0.25) is 5.91 Å². The second-order valence-corrected chi connectivity index (χ2v) is 5.64. The van der Waals surface area contributed by atoms with Crippen molar-refractivity contribution in [1.82, 2.24) is 20.1 Å². The molecular weight excluding hydrogens is 296 g/mol. The van der Waals surface area contributed by atoms with Crippen molar-refractivity contribution in [2.75, 3.05) is 0 Å². The van der Waals surface area contributed by atoms with E-state index in [0.717, 1.165) is 11.4 Å². The van der Waals surface area contributed by atoms with Gasteiger partial charge in [0.25, 0.3) is 0 Å². The van der Waals surface area contributed by atoms with E-state index in [1.807, 2.05) is 19.9 Å². The normalized spacial score (nSPS) is 12.4. The molecule has 0 spiro atoms. The number of rotatable bonds is 5. The molecule has 0 bridgehead atoms. The maximum Gasteiger partial charge on any atom is 0.420 e. The van der Waals surface area contributed by atoms with E-state index in [1.165, 1.54) is 4.57 Å². The number of nitrogens with one attached hydrogen (secondary N) is 2. The Bertz CT molecular complexity index is 890. The number of carbonyl (C=O) groups is 1. The molecule has 2 aromatic heterocycles. The molecule has 7 heteroatoms. The van der Waals surface area contributed by atoms with Gasteiger partial charge in [-0.15, -0.1) is 0 Å². The van der Waals surface area contributed by atoms with E-state index >= 15 is 0 Å². The fourth-order valence-electron chi connectivity index (χ4n) is 2.57. The zero-order valence-corrected chi connectivity index (χ0v) is 13.0. The second-order valence-electron chi connectivity index (χ2n) is 5.64. The highest BCUT2D eigenvalue weighted by molar-refractivity contribution is 5.79. The summed E-state index contributed by atoms with van der Waals surface area (Å²) in [6.45, 7) is 3.76. The Morgan fingerprint density at radius 2 is 2.22 bits per heavy atom.